The lowest BCUT2D eigenvalue weighted by atomic mass is 9.99. The first-order valence-corrected chi connectivity index (χ1v) is 5.57. The highest BCUT2D eigenvalue weighted by atomic mass is 19.2. The molecule has 0 amide bonds. The number of rotatable bonds is 2. The zero-order valence-corrected chi connectivity index (χ0v) is 10.1. The summed E-state index contributed by atoms with van der Waals surface area (Å²) in [5, 5.41) is 10.1. The molecular weight excluding hydrogens is 236 g/mol. The van der Waals surface area contributed by atoms with E-state index in [2.05, 4.69) is 4.98 Å². The molecule has 0 aliphatic heterocycles. The van der Waals surface area contributed by atoms with Crippen LogP contribution in [-0.2, 0) is 0 Å². The Labute approximate surface area is 104 Å². The topological polar surface area (TPSA) is 33.1 Å². The van der Waals surface area contributed by atoms with Crippen molar-refractivity contribution in [2.45, 2.75) is 20.0 Å². The SMILES string of the molecule is Cc1ccc(C(O)c2cccc(F)c2F)c(C)n1. The van der Waals surface area contributed by atoms with Crippen LogP contribution in [0, 0.1) is 25.5 Å². The molecule has 2 rings (SSSR count). The molecule has 2 aromatic rings. The van der Waals surface area contributed by atoms with Crippen LogP contribution in [0.25, 0.3) is 0 Å². The van der Waals surface area contributed by atoms with Gasteiger partial charge < -0.3 is 5.11 Å². The predicted molar refractivity (Wildman–Crippen MR) is 64.1 cm³/mol. The van der Waals surface area contributed by atoms with E-state index in [9.17, 15) is 13.9 Å². The van der Waals surface area contributed by atoms with Gasteiger partial charge in [-0.1, -0.05) is 18.2 Å². The minimum Gasteiger partial charge on any atom is -0.383 e. The zero-order valence-electron chi connectivity index (χ0n) is 10.1. The Kier molecular flexibility index (Phi) is 3.39. The summed E-state index contributed by atoms with van der Waals surface area (Å²) in [7, 11) is 0. The fraction of sp³-hybridized carbons (Fsp3) is 0.214. The normalized spacial score (nSPS) is 12.5. The number of benzene rings is 1. The Morgan fingerprint density at radius 2 is 1.78 bits per heavy atom. The Balaban J connectivity index is 2.48. The predicted octanol–water partition coefficient (Wildman–Crippen LogP) is 3.06. The van der Waals surface area contributed by atoms with Gasteiger partial charge in [-0.15, -0.1) is 0 Å². The molecule has 1 unspecified atom stereocenters. The summed E-state index contributed by atoms with van der Waals surface area (Å²) in [6.45, 7) is 3.55. The summed E-state index contributed by atoms with van der Waals surface area (Å²) in [4.78, 5) is 4.20. The average molecular weight is 249 g/mol. The molecule has 0 aliphatic rings. The number of aryl methyl sites for hydroxylation is 2. The molecule has 18 heavy (non-hydrogen) atoms. The van der Waals surface area contributed by atoms with Crippen molar-refractivity contribution in [2.24, 2.45) is 0 Å². The van der Waals surface area contributed by atoms with Gasteiger partial charge in [0.2, 0.25) is 0 Å². The van der Waals surface area contributed by atoms with Crippen molar-refractivity contribution in [3.8, 4) is 0 Å². The molecule has 0 aliphatic carbocycles. The van der Waals surface area contributed by atoms with Crippen molar-refractivity contribution in [1.82, 2.24) is 4.98 Å². The number of pyridine rings is 1. The van der Waals surface area contributed by atoms with Crippen LogP contribution in [0.1, 0.15) is 28.6 Å². The first-order valence-electron chi connectivity index (χ1n) is 5.57. The molecule has 0 fully saturated rings. The summed E-state index contributed by atoms with van der Waals surface area (Å²) in [5.74, 6) is -1.99. The van der Waals surface area contributed by atoms with Crippen LogP contribution in [0.4, 0.5) is 8.78 Å². The number of hydrogen-bond acceptors (Lipinski definition) is 2. The molecule has 0 radical (unpaired) electrons. The van der Waals surface area contributed by atoms with Gasteiger partial charge in [0.05, 0.1) is 0 Å². The molecule has 2 nitrogen and oxygen atoms in total. The van der Waals surface area contributed by atoms with E-state index in [0.717, 1.165) is 11.8 Å². The second-order valence-electron chi connectivity index (χ2n) is 4.17. The quantitative estimate of drug-likeness (QED) is 0.887. The first kappa shape index (κ1) is 12.6. The van der Waals surface area contributed by atoms with Gasteiger partial charge in [0, 0.05) is 22.5 Å². The molecule has 0 bridgehead atoms. The largest absolute Gasteiger partial charge is 0.383 e. The van der Waals surface area contributed by atoms with Gasteiger partial charge in [0.1, 0.15) is 6.10 Å². The molecule has 1 N–H and O–H groups in total. The highest BCUT2D eigenvalue weighted by molar-refractivity contribution is 5.33. The third kappa shape index (κ3) is 2.24. The van der Waals surface area contributed by atoms with Gasteiger partial charge in [-0.3, -0.25) is 4.98 Å². The third-order valence-electron chi connectivity index (χ3n) is 2.84. The Bertz CT molecular complexity index is 584. The Hall–Kier alpha value is -1.81. The molecule has 1 aromatic carbocycles. The Morgan fingerprint density at radius 3 is 2.44 bits per heavy atom. The molecule has 0 saturated carbocycles. The van der Waals surface area contributed by atoms with Crippen molar-refractivity contribution >= 4 is 0 Å². The van der Waals surface area contributed by atoms with E-state index in [1.54, 1.807) is 19.1 Å². The molecule has 0 saturated heterocycles. The maximum Gasteiger partial charge on any atom is 0.164 e. The van der Waals surface area contributed by atoms with E-state index in [1.807, 2.05) is 6.92 Å². The van der Waals surface area contributed by atoms with Crippen LogP contribution in [-0.4, -0.2) is 10.1 Å². The summed E-state index contributed by atoms with van der Waals surface area (Å²) in [6.07, 6.45) is -1.21. The lowest BCUT2D eigenvalue weighted by Gasteiger charge is -2.14. The van der Waals surface area contributed by atoms with E-state index >= 15 is 0 Å². The second-order valence-corrected chi connectivity index (χ2v) is 4.17. The van der Waals surface area contributed by atoms with Gasteiger partial charge in [-0.05, 0) is 26.0 Å². The number of aromatic nitrogens is 1. The fourth-order valence-electron chi connectivity index (χ4n) is 1.89. The van der Waals surface area contributed by atoms with Crippen LogP contribution in [0.15, 0.2) is 30.3 Å². The van der Waals surface area contributed by atoms with Gasteiger partial charge in [0.25, 0.3) is 0 Å². The standard InChI is InChI=1S/C14H13F2NO/c1-8-6-7-10(9(2)17-8)14(18)11-4-3-5-12(15)13(11)16/h3-7,14,18H,1-2H3. The summed E-state index contributed by atoms with van der Waals surface area (Å²) >= 11 is 0. The van der Waals surface area contributed by atoms with Gasteiger partial charge >= 0.3 is 0 Å². The number of aliphatic hydroxyl groups excluding tert-OH is 1. The van der Waals surface area contributed by atoms with E-state index in [0.29, 0.717) is 11.3 Å². The van der Waals surface area contributed by atoms with Crippen LogP contribution in [0.3, 0.4) is 0 Å². The first-order chi connectivity index (χ1) is 8.50. The molecule has 0 spiro atoms. The Morgan fingerprint density at radius 1 is 1.06 bits per heavy atom. The fourth-order valence-corrected chi connectivity index (χ4v) is 1.89. The van der Waals surface area contributed by atoms with Crippen molar-refractivity contribution in [2.75, 3.05) is 0 Å². The minimum atomic E-state index is -1.21. The van der Waals surface area contributed by atoms with Crippen molar-refractivity contribution in [3.05, 3.63) is 64.5 Å². The molecule has 1 heterocycles. The summed E-state index contributed by atoms with van der Waals surface area (Å²) < 4.78 is 26.7. The van der Waals surface area contributed by atoms with Crippen LogP contribution >= 0.6 is 0 Å². The van der Waals surface area contributed by atoms with E-state index in [-0.39, 0.29) is 5.56 Å². The number of halogens is 2. The lowest BCUT2D eigenvalue weighted by Crippen LogP contribution is -2.07. The lowest BCUT2D eigenvalue weighted by molar-refractivity contribution is 0.212. The number of nitrogens with zero attached hydrogens (tertiary/aromatic N) is 1. The molecule has 4 heteroatoms. The average Bonchev–Trinajstić information content (AvgIpc) is 2.32. The van der Waals surface area contributed by atoms with Gasteiger partial charge in [-0.25, -0.2) is 8.78 Å². The van der Waals surface area contributed by atoms with E-state index in [1.165, 1.54) is 12.1 Å². The number of aliphatic hydroxyl groups is 1. The van der Waals surface area contributed by atoms with Crippen molar-refractivity contribution in [1.29, 1.82) is 0 Å². The van der Waals surface area contributed by atoms with Crippen molar-refractivity contribution in [3.63, 3.8) is 0 Å². The maximum absolute atomic E-state index is 13.6. The van der Waals surface area contributed by atoms with Crippen LogP contribution in [0.2, 0.25) is 0 Å². The van der Waals surface area contributed by atoms with Gasteiger partial charge in [0.15, 0.2) is 11.6 Å². The van der Waals surface area contributed by atoms with Crippen LogP contribution in [0.5, 0.6) is 0 Å². The summed E-state index contributed by atoms with van der Waals surface area (Å²) in [5.41, 5.74) is 1.81. The smallest absolute Gasteiger partial charge is 0.164 e. The summed E-state index contributed by atoms with van der Waals surface area (Å²) in [6, 6.07) is 7.15. The maximum atomic E-state index is 13.6. The van der Waals surface area contributed by atoms with E-state index in [4.69, 9.17) is 0 Å². The van der Waals surface area contributed by atoms with E-state index < -0.39 is 17.7 Å². The molecule has 1 atom stereocenters. The third-order valence-corrected chi connectivity index (χ3v) is 2.84. The van der Waals surface area contributed by atoms with Crippen LogP contribution < -0.4 is 0 Å². The van der Waals surface area contributed by atoms with Crippen molar-refractivity contribution < 1.29 is 13.9 Å². The second kappa shape index (κ2) is 4.82. The number of hydrogen-bond donors (Lipinski definition) is 1. The molecule has 94 valence electrons. The monoisotopic (exact) mass is 249 g/mol. The van der Waals surface area contributed by atoms with Gasteiger partial charge in [-0.2, -0.15) is 0 Å². The highest BCUT2D eigenvalue weighted by Crippen LogP contribution is 2.27. The molecule has 1 aromatic heterocycles. The minimum absolute atomic E-state index is 0.0799. The highest BCUT2D eigenvalue weighted by Gasteiger charge is 2.19. The zero-order chi connectivity index (χ0) is 13.3. The molecular formula is C14H13F2NO.